The van der Waals surface area contributed by atoms with Crippen LogP contribution in [0.4, 0.5) is 11.4 Å². The molecular weight excluding hydrogens is 352 g/mol. The molecule has 0 unspecified atom stereocenters. The van der Waals surface area contributed by atoms with Crippen molar-refractivity contribution in [3.63, 3.8) is 0 Å². The maximum absolute atomic E-state index is 12.9. The number of carbonyl (C=O) groups is 1. The molecule has 1 aromatic heterocycles. The van der Waals surface area contributed by atoms with E-state index in [0.717, 1.165) is 24.5 Å². The molecular formula is C22H26N4O2. The van der Waals surface area contributed by atoms with Crippen molar-refractivity contribution in [2.24, 2.45) is 7.05 Å². The second kappa shape index (κ2) is 8.17. The Morgan fingerprint density at radius 1 is 1.00 bits per heavy atom. The fourth-order valence-corrected chi connectivity index (χ4v) is 3.31. The Bertz CT molecular complexity index is 1010. The second-order valence-electron chi connectivity index (χ2n) is 6.61. The van der Waals surface area contributed by atoms with E-state index in [1.165, 1.54) is 0 Å². The van der Waals surface area contributed by atoms with Crippen LogP contribution in [0.3, 0.4) is 0 Å². The fraction of sp³-hybridized carbons (Fsp3) is 0.273. The zero-order valence-electron chi connectivity index (χ0n) is 16.8. The van der Waals surface area contributed by atoms with E-state index in [9.17, 15) is 9.59 Å². The molecule has 1 N–H and O–H groups in total. The zero-order chi connectivity index (χ0) is 20.3. The zero-order valence-corrected chi connectivity index (χ0v) is 16.8. The van der Waals surface area contributed by atoms with E-state index < -0.39 is 0 Å². The van der Waals surface area contributed by atoms with Gasteiger partial charge in [-0.1, -0.05) is 18.2 Å². The first-order valence-corrected chi connectivity index (χ1v) is 9.48. The highest BCUT2D eigenvalue weighted by atomic mass is 16.2. The van der Waals surface area contributed by atoms with Crippen molar-refractivity contribution in [2.75, 3.05) is 23.3 Å². The van der Waals surface area contributed by atoms with Gasteiger partial charge in [-0.3, -0.25) is 14.3 Å². The summed E-state index contributed by atoms with van der Waals surface area (Å²) in [7, 11) is 1.80. The van der Waals surface area contributed by atoms with Gasteiger partial charge in [0.05, 0.1) is 11.4 Å². The van der Waals surface area contributed by atoms with Gasteiger partial charge in [0.2, 0.25) is 0 Å². The third-order valence-electron chi connectivity index (χ3n) is 5.05. The molecule has 0 aliphatic rings. The highest BCUT2D eigenvalue weighted by Gasteiger charge is 2.18. The molecule has 0 aliphatic heterocycles. The highest BCUT2D eigenvalue weighted by Crippen LogP contribution is 2.18. The predicted molar refractivity (Wildman–Crippen MR) is 114 cm³/mol. The predicted octanol–water partition coefficient (Wildman–Crippen LogP) is 3.58. The van der Waals surface area contributed by atoms with Gasteiger partial charge in [-0.15, -0.1) is 0 Å². The number of para-hydroxylation sites is 1. The third-order valence-corrected chi connectivity index (χ3v) is 5.05. The minimum atomic E-state index is -0.294. The third kappa shape index (κ3) is 3.58. The summed E-state index contributed by atoms with van der Waals surface area (Å²) in [5.74, 6) is -0.294. The van der Waals surface area contributed by atoms with Crippen molar-refractivity contribution in [2.45, 2.75) is 20.8 Å². The Morgan fingerprint density at radius 3 is 2.18 bits per heavy atom. The van der Waals surface area contributed by atoms with Crippen LogP contribution < -0.4 is 15.8 Å². The van der Waals surface area contributed by atoms with Gasteiger partial charge in [-0.05, 0) is 57.2 Å². The quantitative estimate of drug-likeness (QED) is 0.713. The van der Waals surface area contributed by atoms with Crippen molar-refractivity contribution in [1.82, 2.24) is 9.36 Å². The van der Waals surface area contributed by atoms with Gasteiger partial charge in [-0.25, -0.2) is 4.68 Å². The molecule has 0 fully saturated rings. The van der Waals surface area contributed by atoms with Gasteiger partial charge in [0.1, 0.15) is 5.69 Å². The van der Waals surface area contributed by atoms with Crippen molar-refractivity contribution < 1.29 is 4.79 Å². The SMILES string of the molecule is CCN(CC)c1ccc(C(=O)Nc2c(C)n(C)n(-c3ccccc3)c2=O)cc1. The summed E-state index contributed by atoms with van der Waals surface area (Å²) < 4.78 is 3.30. The number of amides is 1. The van der Waals surface area contributed by atoms with E-state index in [2.05, 4.69) is 24.1 Å². The first-order valence-electron chi connectivity index (χ1n) is 9.48. The average molecular weight is 378 g/mol. The molecule has 0 atom stereocenters. The van der Waals surface area contributed by atoms with Gasteiger partial charge in [-0.2, -0.15) is 0 Å². The molecule has 0 bridgehead atoms. The average Bonchev–Trinajstić information content (AvgIpc) is 2.93. The van der Waals surface area contributed by atoms with Crippen molar-refractivity contribution in [3.05, 3.63) is 76.2 Å². The van der Waals surface area contributed by atoms with E-state index >= 15 is 0 Å². The first-order chi connectivity index (χ1) is 13.5. The Hall–Kier alpha value is -3.28. The summed E-state index contributed by atoms with van der Waals surface area (Å²) >= 11 is 0. The molecule has 3 rings (SSSR count). The Labute approximate surface area is 165 Å². The van der Waals surface area contributed by atoms with Gasteiger partial charge in [0.15, 0.2) is 0 Å². The molecule has 3 aromatic rings. The van der Waals surface area contributed by atoms with Crippen molar-refractivity contribution >= 4 is 17.3 Å². The summed E-state index contributed by atoms with van der Waals surface area (Å²) in [4.78, 5) is 27.8. The highest BCUT2D eigenvalue weighted by molar-refractivity contribution is 6.04. The molecule has 0 radical (unpaired) electrons. The normalized spacial score (nSPS) is 10.7. The van der Waals surface area contributed by atoms with Crippen LogP contribution in [0.5, 0.6) is 0 Å². The molecule has 0 aliphatic carbocycles. The molecule has 1 heterocycles. The molecule has 6 heteroatoms. The number of anilines is 2. The minimum Gasteiger partial charge on any atom is -0.372 e. The fourth-order valence-electron chi connectivity index (χ4n) is 3.31. The second-order valence-corrected chi connectivity index (χ2v) is 6.61. The van der Waals surface area contributed by atoms with Crippen molar-refractivity contribution in [1.29, 1.82) is 0 Å². The summed E-state index contributed by atoms with van der Waals surface area (Å²) in [5.41, 5.74) is 3.08. The first kappa shape index (κ1) is 19.5. The van der Waals surface area contributed by atoms with Crippen LogP contribution in [0.2, 0.25) is 0 Å². The Morgan fingerprint density at radius 2 is 1.61 bits per heavy atom. The maximum Gasteiger partial charge on any atom is 0.295 e. The van der Waals surface area contributed by atoms with Crippen LogP contribution in [0.1, 0.15) is 29.9 Å². The van der Waals surface area contributed by atoms with E-state index in [4.69, 9.17) is 0 Å². The molecule has 146 valence electrons. The standard InChI is InChI=1S/C22H26N4O2/c1-5-25(6-2)18-14-12-17(13-15-18)21(27)23-20-16(3)24(4)26(22(20)28)19-10-8-7-9-11-19/h7-15H,5-6H2,1-4H3,(H,23,27). The number of hydrogen-bond acceptors (Lipinski definition) is 3. The van der Waals surface area contributed by atoms with E-state index in [0.29, 0.717) is 16.9 Å². The monoisotopic (exact) mass is 378 g/mol. The van der Waals surface area contributed by atoms with Crippen LogP contribution in [0, 0.1) is 6.92 Å². The molecule has 0 saturated heterocycles. The van der Waals surface area contributed by atoms with E-state index in [1.54, 1.807) is 28.5 Å². The van der Waals surface area contributed by atoms with Gasteiger partial charge >= 0.3 is 0 Å². The molecule has 1 amide bonds. The molecule has 0 saturated carbocycles. The summed E-state index contributed by atoms with van der Waals surface area (Å²) in [6, 6.07) is 16.8. The van der Waals surface area contributed by atoms with Gasteiger partial charge in [0, 0.05) is 31.4 Å². The van der Waals surface area contributed by atoms with Crippen LogP contribution in [0.25, 0.3) is 5.69 Å². The number of aromatic nitrogens is 2. The Kier molecular flexibility index (Phi) is 5.68. The molecule has 0 spiro atoms. The lowest BCUT2D eigenvalue weighted by molar-refractivity contribution is 0.102. The maximum atomic E-state index is 12.9. The molecule has 2 aromatic carbocycles. The van der Waals surface area contributed by atoms with Crippen molar-refractivity contribution in [3.8, 4) is 5.69 Å². The van der Waals surface area contributed by atoms with Gasteiger partial charge in [0.25, 0.3) is 11.5 Å². The topological polar surface area (TPSA) is 59.3 Å². The largest absolute Gasteiger partial charge is 0.372 e. The summed E-state index contributed by atoms with van der Waals surface area (Å²) in [6.45, 7) is 7.83. The lowest BCUT2D eigenvalue weighted by atomic mass is 10.1. The van der Waals surface area contributed by atoms with E-state index in [1.807, 2.05) is 49.4 Å². The number of carbonyl (C=O) groups excluding carboxylic acids is 1. The molecule has 6 nitrogen and oxygen atoms in total. The lowest BCUT2D eigenvalue weighted by Crippen LogP contribution is -2.23. The number of hydrogen-bond donors (Lipinski definition) is 1. The number of nitrogens with one attached hydrogen (secondary N) is 1. The minimum absolute atomic E-state index is 0.251. The number of nitrogens with zero attached hydrogens (tertiary/aromatic N) is 3. The number of rotatable bonds is 6. The van der Waals surface area contributed by atoms with E-state index in [-0.39, 0.29) is 11.5 Å². The Balaban J connectivity index is 1.88. The number of benzene rings is 2. The summed E-state index contributed by atoms with van der Waals surface area (Å²) in [5, 5.41) is 2.80. The summed E-state index contributed by atoms with van der Waals surface area (Å²) in [6.07, 6.45) is 0. The van der Waals surface area contributed by atoms with Crippen LogP contribution in [0.15, 0.2) is 59.4 Å². The molecule has 28 heavy (non-hydrogen) atoms. The van der Waals surface area contributed by atoms with Crippen LogP contribution in [-0.2, 0) is 7.05 Å². The van der Waals surface area contributed by atoms with Crippen LogP contribution in [-0.4, -0.2) is 28.4 Å². The van der Waals surface area contributed by atoms with Crippen LogP contribution >= 0.6 is 0 Å². The smallest absolute Gasteiger partial charge is 0.295 e. The lowest BCUT2D eigenvalue weighted by Gasteiger charge is -2.21. The van der Waals surface area contributed by atoms with Gasteiger partial charge < -0.3 is 10.2 Å².